The number of nitrogens with two attached hydrogens (primary N) is 1. The first kappa shape index (κ1) is 13.1. The maximum atomic E-state index is 5.88. The average Bonchev–Trinajstić information content (AvgIpc) is 2.38. The lowest BCUT2D eigenvalue weighted by Crippen LogP contribution is -2.19. The van der Waals surface area contributed by atoms with Crippen LogP contribution < -0.4 is 11.1 Å². The number of pyridine rings is 1. The number of aromatic nitrogens is 1. The Morgan fingerprint density at radius 1 is 1.33 bits per heavy atom. The number of hydrogen-bond donors (Lipinski definition) is 2. The van der Waals surface area contributed by atoms with Gasteiger partial charge in [-0.1, -0.05) is 34.1 Å². The molecule has 0 aliphatic rings. The fourth-order valence-electron chi connectivity index (χ4n) is 1.95. The Labute approximate surface area is 116 Å². The molecule has 1 heterocycles. The Hall–Kier alpha value is -1.39. The van der Waals surface area contributed by atoms with Gasteiger partial charge in [0.15, 0.2) is 0 Å². The maximum Gasteiger partial charge on any atom is 0.126 e. The van der Waals surface area contributed by atoms with Crippen molar-refractivity contribution >= 4 is 21.7 Å². The van der Waals surface area contributed by atoms with Crippen LogP contribution in [0.2, 0.25) is 0 Å². The van der Waals surface area contributed by atoms with Crippen LogP contribution in [-0.2, 0) is 6.42 Å². The summed E-state index contributed by atoms with van der Waals surface area (Å²) in [6.45, 7) is 0. The molecule has 1 aromatic carbocycles. The first-order valence-electron chi connectivity index (χ1n) is 5.83. The summed E-state index contributed by atoms with van der Waals surface area (Å²) in [5, 5.41) is 3.32. The molecule has 0 radical (unpaired) electrons. The van der Waals surface area contributed by atoms with E-state index in [-0.39, 0.29) is 6.04 Å². The highest BCUT2D eigenvalue weighted by Gasteiger charge is 2.12. The molecular weight excluding hydrogens is 290 g/mol. The second-order valence-electron chi connectivity index (χ2n) is 4.15. The van der Waals surface area contributed by atoms with Crippen molar-refractivity contribution in [3.8, 4) is 0 Å². The summed E-state index contributed by atoms with van der Waals surface area (Å²) in [5.74, 6) is 0.604. The first-order valence-corrected chi connectivity index (χ1v) is 6.62. The van der Waals surface area contributed by atoms with E-state index in [0.717, 1.165) is 16.5 Å². The van der Waals surface area contributed by atoms with E-state index in [0.29, 0.717) is 5.82 Å². The lowest BCUT2D eigenvalue weighted by atomic mass is 9.99. The topological polar surface area (TPSA) is 50.9 Å². The van der Waals surface area contributed by atoms with Crippen LogP contribution in [0, 0.1) is 0 Å². The largest absolute Gasteiger partial charge is 0.383 e. The highest BCUT2D eigenvalue weighted by molar-refractivity contribution is 9.10. The second kappa shape index (κ2) is 5.98. The van der Waals surface area contributed by atoms with Gasteiger partial charge in [0.25, 0.3) is 0 Å². The molecule has 0 amide bonds. The van der Waals surface area contributed by atoms with Crippen LogP contribution in [0.4, 0.5) is 5.82 Å². The Bertz CT molecular complexity index is 528. The molecule has 3 nitrogen and oxygen atoms in total. The molecule has 3 N–H and O–H groups in total. The number of nitrogens with one attached hydrogen (secondary N) is 1. The fraction of sp³-hybridized carbons (Fsp3) is 0.214. The molecule has 1 atom stereocenters. The van der Waals surface area contributed by atoms with Crippen molar-refractivity contribution in [3.63, 3.8) is 0 Å². The summed E-state index contributed by atoms with van der Waals surface area (Å²) in [7, 11) is 1.96. The van der Waals surface area contributed by atoms with Gasteiger partial charge in [-0.25, -0.2) is 4.98 Å². The zero-order valence-corrected chi connectivity index (χ0v) is 11.8. The van der Waals surface area contributed by atoms with Gasteiger partial charge in [-0.3, -0.25) is 0 Å². The summed E-state index contributed by atoms with van der Waals surface area (Å²) < 4.78 is 1.08. The van der Waals surface area contributed by atoms with Crippen LogP contribution in [0.1, 0.15) is 17.2 Å². The van der Waals surface area contributed by atoms with E-state index in [1.54, 1.807) is 6.20 Å². The molecular formula is C14H16BrN3. The van der Waals surface area contributed by atoms with Gasteiger partial charge in [-0.15, -0.1) is 0 Å². The Kier molecular flexibility index (Phi) is 4.33. The molecule has 1 unspecified atom stereocenters. The van der Waals surface area contributed by atoms with Crippen molar-refractivity contribution in [1.82, 2.24) is 10.3 Å². The predicted molar refractivity (Wildman–Crippen MR) is 78.3 cm³/mol. The molecule has 2 aromatic rings. The van der Waals surface area contributed by atoms with Gasteiger partial charge in [-0.2, -0.15) is 0 Å². The van der Waals surface area contributed by atoms with E-state index in [4.69, 9.17) is 5.73 Å². The third kappa shape index (κ3) is 3.09. The van der Waals surface area contributed by atoms with E-state index < -0.39 is 0 Å². The van der Waals surface area contributed by atoms with Crippen LogP contribution in [0.3, 0.4) is 0 Å². The SMILES string of the molecule is CNC(Cc1cccnc1N)c1cccc(Br)c1. The molecule has 0 saturated heterocycles. The summed E-state index contributed by atoms with van der Waals surface area (Å²) in [6.07, 6.45) is 2.54. The van der Waals surface area contributed by atoms with Crippen molar-refractivity contribution < 1.29 is 0 Å². The van der Waals surface area contributed by atoms with Crippen LogP contribution >= 0.6 is 15.9 Å². The Morgan fingerprint density at radius 3 is 2.83 bits per heavy atom. The molecule has 1 aromatic heterocycles. The van der Waals surface area contributed by atoms with Gasteiger partial charge in [0, 0.05) is 16.7 Å². The molecule has 94 valence electrons. The minimum atomic E-state index is 0.231. The lowest BCUT2D eigenvalue weighted by Gasteiger charge is -2.17. The van der Waals surface area contributed by atoms with Crippen LogP contribution in [0.25, 0.3) is 0 Å². The molecule has 0 saturated carbocycles. The minimum absolute atomic E-state index is 0.231. The molecule has 18 heavy (non-hydrogen) atoms. The Balaban J connectivity index is 2.23. The number of halogens is 1. The molecule has 2 rings (SSSR count). The monoisotopic (exact) mass is 305 g/mol. The summed E-state index contributed by atoms with van der Waals surface area (Å²) in [4.78, 5) is 4.12. The van der Waals surface area contributed by atoms with Crippen molar-refractivity contribution in [1.29, 1.82) is 0 Å². The number of hydrogen-bond acceptors (Lipinski definition) is 3. The molecule has 0 aliphatic carbocycles. The molecule has 0 fully saturated rings. The van der Waals surface area contributed by atoms with Gasteiger partial charge in [0.2, 0.25) is 0 Å². The fourth-order valence-corrected chi connectivity index (χ4v) is 2.37. The summed E-state index contributed by atoms with van der Waals surface area (Å²) in [5.41, 5.74) is 8.18. The van der Waals surface area contributed by atoms with E-state index >= 15 is 0 Å². The van der Waals surface area contributed by atoms with Crippen molar-refractivity contribution in [3.05, 3.63) is 58.2 Å². The van der Waals surface area contributed by atoms with E-state index in [9.17, 15) is 0 Å². The number of rotatable bonds is 4. The highest BCUT2D eigenvalue weighted by atomic mass is 79.9. The van der Waals surface area contributed by atoms with Crippen LogP contribution in [0.15, 0.2) is 47.1 Å². The third-order valence-electron chi connectivity index (χ3n) is 2.95. The minimum Gasteiger partial charge on any atom is -0.383 e. The number of nitrogens with zero attached hydrogens (tertiary/aromatic N) is 1. The van der Waals surface area contributed by atoms with Crippen molar-refractivity contribution in [2.75, 3.05) is 12.8 Å². The average molecular weight is 306 g/mol. The number of nitrogen functional groups attached to an aromatic ring is 1. The van der Waals surface area contributed by atoms with E-state index in [1.807, 2.05) is 31.3 Å². The molecule has 4 heteroatoms. The van der Waals surface area contributed by atoms with E-state index in [2.05, 4.69) is 38.4 Å². The number of anilines is 1. The smallest absolute Gasteiger partial charge is 0.126 e. The standard InChI is InChI=1S/C14H16BrN3/c1-17-13(10-4-2-6-12(15)8-10)9-11-5-3-7-18-14(11)16/h2-8,13,17H,9H2,1H3,(H2,16,18). The summed E-state index contributed by atoms with van der Waals surface area (Å²) in [6, 6.07) is 12.5. The van der Waals surface area contributed by atoms with Gasteiger partial charge in [0.1, 0.15) is 5.82 Å². The van der Waals surface area contributed by atoms with Crippen LogP contribution in [0.5, 0.6) is 0 Å². The van der Waals surface area contributed by atoms with E-state index in [1.165, 1.54) is 5.56 Å². The number of likely N-dealkylation sites (N-methyl/N-ethyl adjacent to an activating group) is 1. The quantitative estimate of drug-likeness (QED) is 0.913. The Morgan fingerprint density at radius 2 is 2.17 bits per heavy atom. The zero-order valence-electron chi connectivity index (χ0n) is 10.2. The molecule has 0 bridgehead atoms. The van der Waals surface area contributed by atoms with Gasteiger partial charge < -0.3 is 11.1 Å². The first-order chi connectivity index (χ1) is 8.70. The van der Waals surface area contributed by atoms with Crippen molar-refractivity contribution in [2.24, 2.45) is 0 Å². The lowest BCUT2D eigenvalue weighted by molar-refractivity contribution is 0.592. The highest BCUT2D eigenvalue weighted by Crippen LogP contribution is 2.23. The molecule has 0 aliphatic heterocycles. The van der Waals surface area contributed by atoms with Gasteiger partial charge in [-0.05, 0) is 42.8 Å². The normalized spacial score (nSPS) is 12.3. The van der Waals surface area contributed by atoms with Crippen molar-refractivity contribution in [2.45, 2.75) is 12.5 Å². The second-order valence-corrected chi connectivity index (χ2v) is 5.06. The van der Waals surface area contributed by atoms with Gasteiger partial charge in [0.05, 0.1) is 0 Å². The maximum absolute atomic E-state index is 5.88. The molecule has 0 spiro atoms. The van der Waals surface area contributed by atoms with Crippen LogP contribution in [-0.4, -0.2) is 12.0 Å². The predicted octanol–water partition coefficient (Wildman–Crippen LogP) is 2.93. The zero-order chi connectivity index (χ0) is 13.0. The summed E-state index contributed by atoms with van der Waals surface area (Å²) >= 11 is 3.49. The number of benzene rings is 1. The third-order valence-corrected chi connectivity index (χ3v) is 3.44. The van der Waals surface area contributed by atoms with Gasteiger partial charge >= 0.3 is 0 Å².